The molecule has 0 unspecified atom stereocenters. The first-order chi connectivity index (χ1) is 16.9. The highest BCUT2D eigenvalue weighted by Crippen LogP contribution is 2.30. The molecule has 2 aromatic carbocycles. The predicted molar refractivity (Wildman–Crippen MR) is 131 cm³/mol. The number of rotatable bonds is 10. The van der Waals surface area contributed by atoms with Crippen molar-refractivity contribution in [3.05, 3.63) is 84.2 Å². The molecule has 1 atom stereocenters. The summed E-state index contributed by atoms with van der Waals surface area (Å²) in [5.41, 5.74) is 2.31. The van der Waals surface area contributed by atoms with E-state index in [2.05, 4.69) is 15.0 Å². The molecule has 182 valence electrons. The maximum atomic E-state index is 13.0. The number of aromatic hydroxyl groups is 1. The number of phenols is 1. The van der Waals surface area contributed by atoms with Crippen molar-refractivity contribution in [2.24, 2.45) is 0 Å². The lowest BCUT2D eigenvalue weighted by Crippen LogP contribution is -2.26. The summed E-state index contributed by atoms with van der Waals surface area (Å²) in [7, 11) is -2.47. The van der Waals surface area contributed by atoms with Crippen LogP contribution in [-0.4, -0.2) is 41.6 Å². The lowest BCUT2D eigenvalue weighted by molar-refractivity contribution is -0.141. The summed E-state index contributed by atoms with van der Waals surface area (Å²) < 4.78 is 35.1. The second-order valence-electron chi connectivity index (χ2n) is 7.78. The van der Waals surface area contributed by atoms with Crippen LogP contribution < -0.4 is 4.72 Å². The SMILES string of the molecule is COC(=O)C[C@H](Cc1ccc(O)cc1)n1nncc1CNS(=O)(=O)c1ccc(-c2ccccc2)s1. The minimum absolute atomic E-state index is 0.0197. The number of benzene rings is 2. The van der Waals surface area contributed by atoms with Crippen LogP contribution in [0, 0.1) is 0 Å². The fourth-order valence-electron chi connectivity index (χ4n) is 3.59. The summed E-state index contributed by atoms with van der Waals surface area (Å²) in [5, 5.41) is 17.6. The summed E-state index contributed by atoms with van der Waals surface area (Å²) in [6.45, 7) is -0.0544. The molecule has 9 nitrogen and oxygen atoms in total. The van der Waals surface area contributed by atoms with Gasteiger partial charge in [0.05, 0.1) is 38.0 Å². The molecule has 0 fully saturated rings. The minimum atomic E-state index is -3.78. The van der Waals surface area contributed by atoms with Gasteiger partial charge in [-0.05, 0) is 41.8 Å². The number of hydrogen-bond donors (Lipinski definition) is 2. The maximum absolute atomic E-state index is 13.0. The van der Waals surface area contributed by atoms with Gasteiger partial charge in [-0.25, -0.2) is 17.8 Å². The van der Waals surface area contributed by atoms with Gasteiger partial charge in [0, 0.05) is 4.88 Å². The van der Waals surface area contributed by atoms with Gasteiger partial charge in [-0.2, -0.15) is 0 Å². The zero-order chi connectivity index (χ0) is 24.8. The van der Waals surface area contributed by atoms with E-state index in [9.17, 15) is 18.3 Å². The number of carbonyl (C=O) groups excluding carboxylic acids is 1. The summed E-state index contributed by atoms with van der Waals surface area (Å²) in [5.74, 6) is -0.291. The molecule has 0 radical (unpaired) electrons. The molecule has 0 saturated carbocycles. The van der Waals surface area contributed by atoms with Gasteiger partial charge in [0.25, 0.3) is 0 Å². The summed E-state index contributed by atoms with van der Waals surface area (Å²) in [4.78, 5) is 12.9. The molecule has 0 aliphatic heterocycles. The summed E-state index contributed by atoms with van der Waals surface area (Å²) >= 11 is 1.18. The number of ether oxygens (including phenoxy) is 1. The third-order valence-corrected chi connectivity index (χ3v) is 8.41. The fraction of sp³-hybridized carbons (Fsp3) is 0.208. The number of methoxy groups -OCH3 is 1. The van der Waals surface area contributed by atoms with E-state index < -0.39 is 22.0 Å². The van der Waals surface area contributed by atoms with Crippen LogP contribution in [0.3, 0.4) is 0 Å². The van der Waals surface area contributed by atoms with Gasteiger partial charge in [-0.3, -0.25) is 4.79 Å². The Labute approximate surface area is 207 Å². The van der Waals surface area contributed by atoms with Gasteiger partial charge >= 0.3 is 5.97 Å². The lowest BCUT2D eigenvalue weighted by Gasteiger charge is -2.19. The van der Waals surface area contributed by atoms with E-state index in [0.29, 0.717) is 12.1 Å². The first kappa shape index (κ1) is 24.6. The Morgan fingerprint density at radius 3 is 2.57 bits per heavy atom. The molecule has 4 rings (SSSR count). The van der Waals surface area contributed by atoms with Crippen LogP contribution in [0.5, 0.6) is 5.75 Å². The molecule has 11 heteroatoms. The molecule has 4 aromatic rings. The molecule has 0 aliphatic rings. The summed E-state index contributed by atoms with van der Waals surface area (Å²) in [6, 6.07) is 19.1. The van der Waals surface area contributed by atoms with Crippen molar-refractivity contribution >= 4 is 27.3 Å². The number of hydrogen-bond acceptors (Lipinski definition) is 8. The van der Waals surface area contributed by atoms with Crippen molar-refractivity contribution in [1.29, 1.82) is 0 Å². The minimum Gasteiger partial charge on any atom is -0.508 e. The molecule has 0 bridgehead atoms. The number of sulfonamides is 1. The van der Waals surface area contributed by atoms with Crippen molar-refractivity contribution in [2.75, 3.05) is 7.11 Å². The van der Waals surface area contributed by atoms with Gasteiger partial charge < -0.3 is 9.84 Å². The smallest absolute Gasteiger partial charge is 0.307 e. The molecular weight excluding hydrogens is 488 g/mol. The highest BCUT2D eigenvalue weighted by molar-refractivity contribution is 7.91. The maximum Gasteiger partial charge on any atom is 0.307 e. The van der Waals surface area contributed by atoms with Crippen molar-refractivity contribution in [2.45, 2.75) is 29.6 Å². The van der Waals surface area contributed by atoms with Crippen LogP contribution in [0.4, 0.5) is 0 Å². The second-order valence-corrected chi connectivity index (χ2v) is 10.9. The Kier molecular flexibility index (Phi) is 7.59. The van der Waals surface area contributed by atoms with E-state index in [0.717, 1.165) is 16.0 Å². The van der Waals surface area contributed by atoms with Gasteiger partial charge in [-0.15, -0.1) is 16.4 Å². The highest BCUT2D eigenvalue weighted by atomic mass is 32.2. The molecular formula is C24H24N4O5S2. The van der Waals surface area contributed by atoms with Gasteiger partial charge in [-0.1, -0.05) is 47.7 Å². The average molecular weight is 513 g/mol. The van der Waals surface area contributed by atoms with Crippen LogP contribution in [0.2, 0.25) is 0 Å². The molecule has 2 aromatic heterocycles. The van der Waals surface area contributed by atoms with E-state index in [4.69, 9.17) is 4.74 Å². The number of esters is 1. The number of aromatic nitrogens is 3. The standard InChI is InChI=1S/C24H24N4O5S2/c1-33-23(30)14-19(13-17-7-9-21(29)10-8-17)28-20(15-25-27-28)16-26-35(31,32)24-12-11-22(34-24)18-5-3-2-4-6-18/h2-12,15,19,26,29H,13-14,16H2,1H3/t19-/m0/s1. The number of phenolic OH excluding ortho intramolecular Hbond substituents is 1. The molecule has 0 aliphatic carbocycles. The Balaban J connectivity index is 1.51. The van der Waals surface area contributed by atoms with Crippen LogP contribution in [0.1, 0.15) is 23.7 Å². The molecule has 0 saturated heterocycles. The van der Waals surface area contributed by atoms with Crippen molar-refractivity contribution in [3.63, 3.8) is 0 Å². The number of nitrogens with zero attached hydrogens (tertiary/aromatic N) is 3. The van der Waals surface area contributed by atoms with Crippen LogP contribution >= 0.6 is 11.3 Å². The van der Waals surface area contributed by atoms with E-state index in [1.54, 1.807) is 36.4 Å². The van der Waals surface area contributed by atoms with Crippen molar-refractivity contribution in [1.82, 2.24) is 19.7 Å². The fourth-order valence-corrected chi connectivity index (χ4v) is 5.94. The monoisotopic (exact) mass is 512 g/mol. The van der Waals surface area contributed by atoms with Gasteiger partial charge in [0.1, 0.15) is 9.96 Å². The Hall–Kier alpha value is -3.54. The lowest BCUT2D eigenvalue weighted by atomic mass is 10.0. The zero-order valence-corrected chi connectivity index (χ0v) is 20.5. The third-order valence-electron chi connectivity index (χ3n) is 5.38. The van der Waals surface area contributed by atoms with Crippen LogP contribution in [0.15, 0.2) is 77.1 Å². The van der Waals surface area contributed by atoms with Crippen LogP contribution in [-0.2, 0) is 32.5 Å². The largest absolute Gasteiger partial charge is 0.508 e. The second kappa shape index (κ2) is 10.8. The van der Waals surface area contributed by atoms with Crippen LogP contribution in [0.25, 0.3) is 10.4 Å². The number of carbonyl (C=O) groups is 1. The van der Waals surface area contributed by atoms with E-state index in [-0.39, 0.29) is 22.9 Å². The molecule has 2 N–H and O–H groups in total. The molecule has 0 spiro atoms. The highest BCUT2D eigenvalue weighted by Gasteiger charge is 2.23. The third kappa shape index (κ3) is 6.13. The Morgan fingerprint density at radius 1 is 1.11 bits per heavy atom. The molecule has 0 amide bonds. The first-order valence-corrected chi connectivity index (χ1v) is 13.0. The predicted octanol–water partition coefficient (Wildman–Crippen LogP) is 3.54. The van der Waals surface area contributed by atoms with Crippen molar-refractivity contribution in [3.8, 4) is 16.2 Å². The number of nitrogens with one attached hydrogen (secondary N) is 1. The van der Waals surface area contributed by atoms with Crippen molar-refractivity contribution < 1.29 is 23.1 Å². The normalized spacial score (nSPS) is 12.4. The Bertz CT molecular complexity index is 1380. The zero-order valence-electron chi connectivity index (χ0n) is 18.9. The topological polar surface area (TPSA) is 123 Å². The number of thiophene rings is 1. The van der Waals surface area contributed by atoms with Gasteiger partial charge in [0.2, 0.25) is 10.0 Å². The average Bonchev–Trinajstić information content (AvgIpc) is 3.55. The quantitative estimate of drug-likeness (QED) is 0.312. The van der Waals surface area contributed by atoms with Gasteiger partial charge in [0.15, 0.2) is 0 Å². The van der Waals surface area contributed by atoms with E-state index in [1.807, 2.05) is 30.3 Å². The molecule has 2 heterocycles. The Morgan fingerprint density at radius 2 is 1.86 bits per heavy atom. The van der Waals surface area contributed by atoms with E-state index >= 15 is 0 Å². The molecule has 35 heavy (non-hydrogen) atoms. The first-order valence-electron chi connectivity index (χ1n) is 10.7. The summed E-state index contributed by atoms with van der Waals surface area (Å²) in [6.07, 6.45) is 1.89. The van der Waals surface area contributed by atoms with E-state index in [1.165, 1.54) is 29.3 Å².